The summed E-state index contributed by atoms with van der Waals surface area (Å²) in [6.45, 7) is 1.69. The molecule has 2 aromatic carbocycles. The molecule has 0 aliphatic carbocycles. The first-order valence-corrected chi connectivity index (χ1v) is 10.0. The van der Waals surface area contributed by atoms with Crippen molar-refractivity contribution in [2.75, 3.05) is 26.9 Å². The zero-order valence-electron chi connectivity index (χ0n) is 16.8. The zero-order valence-corrected chi connectivity index (χ0v) is 16.8. The average molecular weight is 413 g/mol. The van der Waals surface area contributed by atoms with Crippen LogP contribution in [-0.2, 0) is 20.8 Å². The van der Waals surface area contributed by atoms with Crippen LogP contribution in [0.1, 0.15) is 40.4 Å². The third kappa shape index (κ3) is 4.16. The van der Waals surface area contributed by atoms with Gasteiger partial charge in [-0.05, 0) is 42.7 Å². The standard InChI is InChI=1S/C23H24FNO5/c1-28-23(27)17-2-3-18-13-25(22(26)16-8-10-29-11-9-16)20(14-30-21(18)12-17)15-4-6-19(24)7-5-15/h2-7,12,16,20H,8-11,13-14H2,1H3/t20-/m1/s1. The van der Waals surface area contributed by atoms with Crippen molar-refractivity contribution >= 4 is 11.9 Å². The van der Waals surface area contributed by atoms with Crippen LogP contribution in [0.15, 0.2) is 42.5 Å². The normalized spacial score (nSPS) is 19.4. The second kappa shape index (κ2) is 8.83. The third-order valence-electron chi connectivity index (χ3n) is 5.71. The lowest BCUT2D eigenvalue weighted by Crippen LogP contribution is -2.41. The summed E-state index contributed by atoms with van der Waals surface area (Å²) < 4.78 is 29.7. The van der Waals surface area contributed by atoms with Gasteiger partial charge in [0.2, 0.25) is 5.91 Å². The van der Waals surface area contributed by atoms with Crippen LogP contribution in [0.4, 0.5) is 4.39 Å². The molecule has 0 unspecified atom stereocenters. The Hall–Kier alpha value is -2.93. The first-order valence-electron chi connectivity index (χ1n) is 10.0. The highest BCUT2D eigenvalue weighted by molar-refractivity contribution is 5.90. The molecule has 0 radical (unpaired) electrons. The molecule has 0 aromatic heterocycles. The summed E-state index contributed by atoms with van der Waals surface area (Å²) in [6.07, 6.45) is 1.36. The number of fused-ring (bicyclic) bond motifs is 1. The van der Waals surface area contributed by atoms with Crippen LogP contribution in [0.2, 0.25) is 0 Å². The van der Waals surface area contributed by atoms with Crippen LogP contribution in [0.5, 0.6) is 5.75 Å². The lowest BCUT2D eigenvalue weighted by molar-refractivity contribution is -0.142. The fourth-order valence-corrected chi connectivity index (χ4v) is 3.99. The van der Waals surface area contributed by atoms with Crippen LogP contribution < -0.4 is 4.74 Å². The molecule has 2 aromatic rings. The van der Waals surface area contributed by atoms with Gasteiger partial charge >= 0.3 is 5.97 Å². The summed E-state index contributed by atoms with van der Waals surface area (Å²) >= 11 is 0. The van der Waals surface area contributed by atoms with E-state index in [2.05, 4.69) is 0 Å². The molecule has 2 heterocycles. The van der Waals surface area contributed by atoms with Gasteiger partial charge in [-0.25, -0.2) is 9.18 Å². The van der Waals surface area contributed by atoms with Crippen LogP contribution in [0, 0.1) is 11.7 Å². The van der Waals surface area contributed by atoms with E-state index >= 15 is 0 Å². The monoisotopic (exact) mass is 413 g/mol. The van der Waals surface area contributed by atoms with E-state index in [9.17, 15) is 14.0 Å². The number of benzene rings is 2. The van der Waals surface area contributed by atoms with Crippen molar-refractivity contribution in [3.8, 4) is 5.75 Å². The highest BCUT2D eigenvalue weighted by atomic mass is 19.1. The molecule has 0 bridgehead atoms. The van der Waals surface area contributed by atoms with Crippen molar-refractivity contribution in [1.29, 1.82) is 0 Å². The number of ether oxygens (including phenoxy) is 3. The number of hydrogen-bond donors (Lipinski definition) is 0. The molecule has 0 N–H and O–H groups in total. The van der Waals surface area contributed by atoms with E-state index in [0.717, 1.165) is 11.1 Å². The predicted molar refractivity (Wildman–Crippen MR) is 107 cm³/mol. The lowest BCUT2D eigenvalue weighted by Gasteiger charge is -2.34. The SMILES string of the molecule is COC(=O)c1ccc2c(c1)OC[C@H](c1ccc(F)cc1)N(C(=O)C1CCOCC1)C2. The van der Waals surface area contributed by atoms with E-state index in [4.69, 9.17) is 14.2 Å². The van der Waals surface area contributed by atoms with Gasteiger partial charge < -0.3 is 19.1 Å². The molecule has 0 spiro atoms. The Morgan fingerprint density at radius 1 is 1.10 bits per heavy atom. The van der Waals surface area contributed by atoms with Gasteiger partial charge in [0.05, 0.1) is 25.3 Å². The van der Waals surface area contributed by atoms with Crippen molar-refractivity contribution in [2.24, 2.45) is 5.92 Å². The van der Waals surface area contributed by atoms with Gasteiger partial charge in [-0.3, -0.25) is 4.79 Å². The molecule has 1 amide bonds. The average Bonchev–Trinajstić information content (AvgIpc) is 2.98. The molecule has 1 fully saturated rings. The zero-order chi connectivity index (χ0) is 21.1. The Bertz CT molecular complexity index is 924. The van der Waals surface area contributed by atoms with Crippen molar-refractivity contribution in [3.63, 3.8) is 0 Å². The summed E-state index contributed by atoms with van der Waals surface area (Å²) in [5, 5.41) is 0. The van der Waals surface area contributed by atoms with Crippen LogP contribution in [0.25, 0.3) is 0 Å². The molecule has 1 saturated heterocycles. The Labute approximate surface area is 174 Å². The highest BCUT2D eigenvalue weighted by Crippen LogP contribution is 2.34. The minimum Gasteiger partial charge on any atom is -0.491 e. The second-order valence-corrected chi connectivity index (χ2v) is 7.55. The molecule has 158 valence electrons. The van der Waals surface area contributed by atoms with Crippen LogP contribution >= 0.6 is 0 Å². The van der Waals surface area contributed by atoms with Crippen molar-refractivity contribution in [1.82, 2.24) is 4.90 Å². The fourth-order valence-electron chi connectivity index (χ4n) is 3.99. The van der Waals surface area contributed by atoms with E-state index in [1.807, 2.05) is 4.90 Å². The first-order chi connectivity index (χ1) is 14.6. The van der Waals surface area contributed by atoms with Gasteiger partial charge in [0.1, 0.15) is 18.2 Å². The number of nitrogens with zero attached hydrogens (tertiary/aromatic N) is 1. The lowest BCUT2D eigenvalue weighted by atomic mass is 9.96. The number of amides is 1. The molecular formula is C23H24FNO5. The van der Waals surface area contributed by atoms with Crippen molar-refractivity contribution < 1.29 is 28.2 Å². The topological polar surface area (TPSA) is 65.1 Å². The smallest absolute Gasteiger partial charge is 0.337 e. The molecule has 30 heavy (non-hydrogen) atoms. The molecule has 4 rings (SSSR count). The predicted octanol–water partition coefficient (Wildman–Crippen LogP) is 3.50. The first kappa shape index (κ1) is 20.3. The maximum atomic E-state index is 13.5. The summed E-state index contributed by atoms with van der Waals surface area (Å²) in [6, 6.07) is 10.9. The van der Waals surface area contributed by atoms with Gasteiger partial charge in [-0.15, -0.1) is 0 Å². The molecule has 2 aliphatic rings. The molecule has 2 aliphatic heterocycles. The van der Waals surface area contributed by atoms with E-state index < -0.39 is 5.97 Å². The number of esters is 1. The van der Waals surface area contributed by atoms with Gasteiger partial charge in [0, 0.05) is 24.7 Å². The number of halogens is 1. The minimum absolute atomic E-state index is 0.0427. The highest BCUT2D eigenvalue weighted by Gasteiger charge is 2.34. The van der Waals surface area contributed by atoms with Gasteiger partial charge in [-0.1, -0.05) is 18.2 Å². The van der Waals surface area contributed by atoms with E-state index in [-0.39, 0.29) is 30.3 Å². The molecule has 1 atom stereocenters. The van der Waals surface area contributed by atoms with Gasteiger partial charge in [0.15, 0.2) is 0 Å². The largest absolute Gasteiger partial charge is 0.491 e. The quantitative estimate of drug-likeness (QED) is 0.721. The molecule has 0 saturated carbocycles. The summed E-state index contributed by atoms with van der Waals surface area (Å²) in [5.74, 6) is -0.302. The van der Waals surface area contributed by atoms with E-state index in [1.54, 1.807) is 30.3 Å². The maximum Gasteiger partial charge on any atom is 0.337 e. The molecular weight excluding hydrogens is 389 g/mol. The second-order valence-electron chi connectivity index (χ2n) is 7.55. The Balaban J connectivity index is 1.68. The Kier molecular flexibility index (Phi) is 5.99. The third-order valence-corrected chi connectivity index (χ3v) is 5.71. The molecule has 6 nitrogen and oxygen atoms in total. The van der Waals surface area contributed by atoms with Gasteiger partial charge in [-0.2, -0.15) is 0 Å². The number of rotatable bonds is 3. The van der Waals surface area contributed by atoms with Crippen molar-refractivity contribution in [2.45, 2.75) is 25.4 Å². The number of carbonyl (C=O) groups is 2. The van der Waals surface area contributed by atoms with Gasteiger partial charge in [0.25, 0.3) is 0 Å². The number of methoxy groups -OCH3 is 1. The number of carbonyl (C=O) groups excluding carboxylic acids is 2. The van der Waals surface area contributed by atoms with Crippen LogP contribution in [0.3, 0.4) is 0 Å². The Morgan fingerprint density at radius 3 is 2.53 bits per heavy atom. The summed E-state index contributed by atoms with van der Waals surface area (Å²) in [7, 11) is 1.33. The van der Waals surface area contributed by atoms with Crippen LogP contribution in [-0.4, -0.2) is 43.7 Å². The minimum atomic E-state index is -0.448. The summed E-state index contributed by atoms with van der Waals surface area (Å²) in [5.41, 5.74) is 2.00. The van der Waals surface area contributed by atoms with Crippen molar-refractivity contribution in [3.05, 3.63) is 65.0 Å². The Morgan fingerprint density at radius 2 is 1.83 bits per heavy atom. The summed E-state index contributed by atoms with van der Waals surface area (Å²) in [4.78, 5) is 27.2. The van der Waals surface area contributed by atoms with E-state index in [0.29, 0.717) is 43.9 Å². The molecule has 7 heteroatoms. The number of hydrogen-bond acceptors (Lipinski definition) is 5. The van der Waals surface area contributed by atoms with E-state index in [1.165, 1.54) is 19.2 Å². The fraction of sp³-hybridized carbons (Fsp3) is 0.391. The maximum absolute atomic E-state index is 13.5.